The van der Waals surface area contributed by atoms with Crippen LogP contribution in [-0.2, 0) is 0 Å². The van der Waals surface area contributed by atoms with E-state index in [4.69, 9.17) is 11.6 Å². The molecule has 2 amide bonds. The van der Waals surface area contributed by atoms with Crippen LogP contribution in [0.4, 0.5) is 21.9 Å². The molecule has 0 unspecified atom stereocenters. The molecule has 0 bridgehead atoms. The third-order valence-electron chi connectivity index (χ3n) is 3.64. The highest BCUT2D eigenvalue weighted by molar-refractivity contribution is 6.30. The molecule has 0 aliphatic heterocycles. The fraction of sp³-hybridized carbons (Fsp3) is 0. The highest BCUT2D eigenvalue weighted by Gasteiger charge is 2.06. The van der Waals surface area contributed by atoms with Crippen molar-refractivity contribution in [1.82, 2.24) is 0 Å². The van der Waals surface area contributed by atoms with Crippen molar-refractivity contribution in [2.45, 2.75) is 0 Å². The van der Waals surface area contributed by atoms with Crippen molar-refractivity contribution in [3.8, 4) is 11.1 Å². The van der Waals surface area contributed by atoms with Gasteiger partial charge in [-0.25, -0.2) is 4.79 Å². The third kappa shape index (κ3) is 4.37. The Balaban J connectivity index is 1.65. The molecule has 0 aromatic heterocycles. The molecule has 6 nitrogen and oxygen atoms in total. The largest absolute Gasteiger partial charge is 0.323 e. The fourth-order valence-corrected chi connectivity index (χ4v) is 2.57. The van der Waals surface area contributed by atoms with Gasteiger partial charge in [-0.2, -0.15) is 0 Å². The van der Waals surface area contributed by atoms with Crippen molar-refractivity contribution in [1.29, 1.82) is 0 Å². The van der Waals surface area contributed by atoms with Crippen LogP contribution in [0, 0.1) is 10.1 Å². The number of hydrogen-bond acceptors (Lipinski definition) is 3. The molecule has 3 rings (SSSR count). The van der Waals surface area contributed by atoms with Crippen LogP contribution in [0.3, 0.4) is 0 Å². The maximum atomic E-state index is 12.0. The van der Waals surface area contributed by atoms with Gasteiger partial charge in [0.05, 0.1) is 4.92 Å². The summed E-state index contributed by atoms with van der Waals surface area (Å²) in [6, 6.07) is 19.9. The summed E-state index contributed by atoms with van der Waals surface area (Å²) in [4.78, 5) is 22.3. The van der Waals surface area contributed by atoms with Gasteiger partial charge in [-0.3, -0.25) is 10.1 Å². The number of carbonyl (C=O) groups excluding carboxylic acids is 1. The lowest BCUT2D eigenvalue weighted by atomic mass is 10.1. The molecule has 7 heteroatoms. The van der Waals surface area contributed by atoms with Gasteiger partial charge < -0.3 is 10.6 Å². The first-order valence-electron chi connectivity index (χ1n) is 7.70. The molecule has 0 atom stereocenters. The van der Waals surface area contributed by atoms with Crippen LogP contribution in [0.1, 0.15) is 0 Å². The molecular formula is C19H14ClN3O3. The Morgan fingerprint density at radius 3 is 2.00 bits per heavy atom. The molecule has 0 saturated carbocycles. The zero-order chi connectivity index (χ0) is 18.5. The van der Waals surface area contributed by atoms with Crippen molar-refractivity contribution in [2.75, 3.05) is 10.6 Å². The van der Waals surface area contributed by atoms with Crippen LogP contribution in [0.15, 0.2) is 72.8 Å². The number of halogens is 1. The summed E-state index contributed by atoms with van der Waals surface area (Å²) in [5, 5.41) is 16.7. The average molecular weight is 368 g/mol. The normalized spacial score (nSPS) is 10.2. The number of rotatable bonds is 4. The summed E-state index contributed by atoms with van der Waals surface area (Å²) in [5.74, 6) is 0. The van der Waals surface area contributed by atoms with E-state index in [1.165, 1.54) is 12.1 Å². The maximum Gasteiger partial charge on any atom is 0.323 e. The summed E-state index contributed by atoms with van der Waals surface area (Å²) in [7, 11) is 0. The molecule has 26 heavy (non-hydrogen) atoms. The Labute approximate surface area is 154 Å². The van der Waals surface area contributed by atoms with Crippen molar-refractivity contribution >= 4 is 34.7 Å². The van der Waals surface area contributed by atoms with Crippen LogP contribution in [0.5, 0.6) is 0 Å². The van der Waals surface area contributed by atoms with E-state index in [9.17, 15) is 14.9 Å². The lowest BCUT2D eigenvalue weighted by Crippen LogP contribution is -2.19. The van der Waals surface area contributed by atoms with Crippen molar-refractivity contribution in [2.24, 2.45) is 0 Å². The van der Waals surface area contributed by atoms with E-state index in [2.05, 4.69) is 10.6 Å². The molecule has 0 saturated heterocycles. The Hall–Kier alpha value is -3.38. The summed E-state index contributed by atoms with van der Waals surface area (Å²) in [6.45, 7) is 0. The van der Waals surface area contributed by atoms with E-state index in [-0.39, 0.29) is 11.7 Å². The molecule has 0 heterocycles. The van der Waals surface area contributed by atoms with Gasteiger partial charge in [-0.05, 0) is 53.6 Å². The summed E-state index contributed by atoms with van der Waals surface area (Å²) >= 11 is 5.88. The second-order valence-electron chi connectivity index (χ2n) is 5.47. The van der Waals surface area contributed by atoms with Crippen LogP contribution < -0.4 is 10.6 Å². The second kappa shape index (κ2) is 7.67. The molecule has 2 N–H and O–H groups in total. The topological polar surface area (TPSA) is 84.3 Å². The number of non-ortho nitro benzene ring substituents is 1. The Bertz CT molecular complexity index is 941. The first kappa shape index (κ1) is 17.4. The second-order valence-corrected chi connectivity index (χ2v) is 5.91. The molecule has 3 aromatic rings. The smallest absolute Gasteiger partial charge is 0.308 e. The first-order valence-corrected chi connectivity index (χ1v) is 8.07. The molecular weight excluding hydrogens is 354 g/mol. The summed E-state index contributed by atoms with van der Waals surface area (Å²) < 4.78 is 0. The minimum absolute atomic E-state index is 0.0460. The van der Waals surface area contributed by atoms with E-state index in [0.29, 0.717) is 16.4 Å². The minimum Gasteiger partial charge on any atom is -0.308 e. The monoisotopic (exact) mass is 367 g/mol. The SMILES string of the molecule is O=C(Nc1ccc(-c2ccc([N+](=O)[O-])cc2)cc1)Nc1cccc(Cl)c1. The van der Waals surface area contributed by atoms with Crippen LogP contribution >= 0.6 is 11.6 Å². The number of hydrogen-bond donors (Lipinski definition) is 2. The van der Waals surface area contributed by atoms with Crippen LogP contribution in [-0.4, -0.2) is 11.0 Å². The van der Waals surface area contributed by atoms with E-state index < -0.39 is 4.92 Å². The lowest BCUT2D eigenvalue weighted by Gasteiger charge is -2.09. The number of urea groups is 1. The Kier molecular flexibility index (Phi) is 5.15. The Morgan fingerprint density at radius 2 is 1.42 bits per heavy atom. The average Bonchev–Trinajstić information content (AvgIpc) is 2.62. The van der Waals surface area contributed by atoms with Gasteiger partial charge in [0.1, 0.15) is 0 Å². The van der Waals surface area contributed by atoms with Crippen molar-refractivity contribution < 1.29 is 9.72 Å². The predicted octanol–water partition coefficient (Wildman–Crippen LogP) is 5.56. The Morgan fingerprint density at radius 1 is 0.846 bits per heavy atom. The number of carbonyl (C=O) groups is 1. The van der Waals surface area contributed by atoms with Gasteiger partial charge >= 0.3 is 6.03 Å². The third-order valence-corrected chi connectivity index (χ3v) is 3.87. The number of nitro benzene ring substituents is 1. The molecule has 0 aliphatic carbocycles. The molecule has 0 aliphatic rings. The lowest BCUT2D eigenvalue weighted by molar-refractivity contribution is -0.384. The zero-order valence-corrected chi connectivity index (χ0v) is 14.2. The number of nitro groups is 1. The number of nitrogens with zero attached hydrogens (tertiary/aromatic N) is 1. The van der Waals surface area contributed by atoms with Gasteiger partial charge in [0, 0.05) is 28.5 Å². The number of anilines is 2. The maximum absolute atomic E-state index is 12.0. The van der Waals surface area contributed by atoms with Gasteiger partial charge in [-0.1, -0.05) is 29.8 Å². The number of nitrogens with one attached hydrogen (secondary N) is 2. The first-order chi connectivity index (χ1) is 12.5. The van der Waals surface area contributed by atoms with E-state index >= 15 is 0 Å². The molecule has 3 aromatic carbocycles. The molecule has 0 spiro atoms. The number of benzene rings is 3. The molecule has 130 valence electrons. The van der Waals surface area contributed by atoms with E-state index in [1.54, 1.807) is 48.5 Å². The summed E-state index contributed by atoms with van der Waals surface area (Å²) in [6.07, 6.45) is 0. The minimum atomic E-state index is -0.435. The van der Waals surface area contributed by atoms with Crippen molar-refractivity contribution in [3.05, 3.63) is 87.9 Å². The van der Waals surface area contributed by atoms with Gasteiger partial charge in [0.25, 0.3) is 5.69 Å². The predicted molar refractivity (Wildman–Crippen MR) is 103 cm³/mol. The van der Waals surface area contributed by atoms with Crippen LogP contribution in [0.2, 0.25) is 5.02 Å². The van der Waals surface area contributed by atoms with Crippen molar-refractivity contribution in [3.63, 3.8) is 0 Å². The molecule has 0 radical (unpaired) electrons. The van der Waals surface area contributed by atoms with Gasteiger partial charge in [0.15, 0.2) is 0 Å². The van der Waals surface area contributed by atoms with Gasteiger partial charge in [0.2, 0.25) is 0 Å². The molecule has 0 fully saturated rings. The number of amides is 2. The highest BCUT2D eigenvalue weighted by Crippen LogP contribution is 2.24. The van der Waals surface area contributed by atoms with E-state index in [0.717, 1.165) is 11.1 Å². The standard InChI is InChI=1S/C19H14ClN3O3/c20-15-2-1-3-17(12-15)22-19(24)21-16-8-4-13(5-9-16)14-6-10-18(11-7-14)23(25)26/h1-12H,(H2,21,22,24). The summed E-state index contributed by atoms with van der Waals surface area (Å²) in [5.41, 5.74) is 3.00. The van der Waals surface area contributed by atoms with Crippen LogP contribution in [0.25, 0.3) is 11.1 Å². The van der Waals surface area contributed by atoms with E-state index in [1.807, 2.05) is 12.1 Å². The quantitative estimate of drug-likeness (QED) is 0.467. The zero-order valence-electron chi connectivity index (χ0n) is 13.5. The fourth-order valence-electron chi connectivity index (χ4n) is 2.38. The van der Waals surface area contributed by atoms with Gasteiger partial charge in [-0.15, -0.1) is 0 Å². The highest BCUT2D eigenvalue weighted by atomic mass is 35.5.